The molecule has 0 aliphatic carbocycles. The lowest BCUT2D eigenvalue weighted by molar-refractivity contribution is -0.111. The first-order chi connectivity index (χ1) is 13.7. The lowest BCUT2D eigenvalue weighted by atomic mass is 10.0. The molecule has 1 fully saturated rings. The molecule has 4 nitrogen and oxygen atoms in total. The first kappa shape index (κ1) is 18.0. The molecule has 28 heavy (non-hydrogen) atoms. The summed E-state index contributed by atoms with van der Waals surface area (Å²) in [5, 5.41) is 5.09. The number of rotatable bonds is 4. The van der Waals surface area contributed by atoms with Crippen LogP contribution in [0.3, 0.4) is 0 Å². The highest BCUT2D eigenvalue weighted by Crippen LogP contribution is 2.21. The maximum absolute atomic E-state index is 12.7. The van der Waals surface area contributed by atoms with E-state index in [-0.39, 0.29) is 11.8 Å². The van der Waals surface area contributed by atoms with Crippen LogP contribution in [0.1, 0.15) is 28.8 Å². The molecule has 1 aliphatic rings. The SMILES string of the molecule is O=C(C=Cc1cccc2ccccc12)Nc1ccccc1C(=O)N1CCCC1. The highest BCUT2D eigenvalue weighted by atomic mass is 16.2. The lowest BCUT2D eigenvalue weighted by Gasteiger charge is -2.17. The smallest absolute Gasteiger partial charge is 0.255 e. The third-order valence-electron chi connectivity index (χ3n) is 5.05. The van der Waals surface area contributed by atoms with Crippen molar-refractivity contribution in [3.8, 4) is 0 Å². The molecule has 1 aliphatic heterocycles. The molecule has 4 heteroatoms. The van der Waals surface area contributed by atoms with E-state index in [1.54, 1.807) is 12.1 Å². The van der Waals surface area contributed by atoms with Crippen molar-refractivity contribution in [3.05, 3.63) is 83.9 Å². The zero-order valence-electron chi connectivity index (χ0n) is 15.6. The molecule has 4 rings (SSSR count). The van der Waals surface area contributed by atoms with Gasteiger partial charge in [0.2, 0.25) is 5.91 Å². The highest BCUT2D eigenvalue weighted by Gasteiger charge is 2.21. The van der Waals surface area contributed by atoms with E-state index in [0.717, 1.165) is 42.3 Å². The topological polar surface area (TPSA) is 49.4 Å². The van der Waals surface area contributed by atoms with Gasteiger partial charge in [-0.3, -0.25) is 9.59 Å². The number of hydrogen-bond donors (Lipinski definition) is 1. The van der Waals surface area contributed by atoms with E-state index in [1.807, 2.05) is 65.6 Å². The van der Waals surface area contributed by atoms with Crippen LogP contribution < -0.4 is 5.32 Å². The van der Waals surface area contributed by atoms with Crippen molar-refractivity contribution in [1.82, 2.24) is 4.90 Å². The number of likely N-dealkylation sites (tertiary alicyclic amines) is 1. The lowest BCUT2D eigenvalue weighted by Crippen LogP contribution is -2.28. The van der Waals surface area contributed by atoms with Gasteiger partial charge < -0.3 is 10.2 Å². The fourth-order valence-electron chi connectivity index (χ4n) is 3.60. The molecule has 0 saturated carbocycles. The minimum Gasteiger partial charge on any atom is -0.339 e. The average Bonchev–Trinajstić information content (AvgIpc) is 3.27. The predicted molar refractivity (Wildman–Crippen MR) is 113 cm³/mol. The summed E-state index contributed by atoms with van der Waals surface area (Å²) >= 11 is 0. The number of carbonyl (C=O) groups is 2. The summed E-state index contributed by atoms with van der Waals surface area (Å²) in [7, 11) is 0. The number of carbonyl (C=O) groups excluding carboxylic acids is 2. The Labute approximate surface area is 164 Å². The van der Waals surface area contributed by atoms with Crippen LogP contribution in [0.15, 0.2) is 72.8 Å². The van der Waals surface area contributed by atoms with Gasteiger partial charge in [-0.25, -0.2) is 0 Å². The highest BCUT2D eigenvalue weighted by molar-refractivity contribution is 6.08. The van der Waals surface area contributed by atoms with Gasteiger partial charge in [0.25, 0.3) is 5.91 Å². The Morgan fingerprint density at radius 1 is 0.857 bits per heavy atom. The fourth-order valence-corrected chi connectivity index (χ4v) is 3.60. The summed E-state index contributed by atoms with van der Waals surface area (Å²) in [4.78, 5) is 27.1. The van der Waals surface area contributed by atoms with Crippen LogP contribution in [-0.2, 0) is 4.79 Å². The first-order valence-corrected chi connectivity index (χ1v) is 9.57. The second-order valence-corrected chi connectivity index (χ2v) is 6.94. The van der Waals surface area contributed by atoms with Crippen LogP contribution in [-0.4, -0.2) is 29.8 Å². The van der Waals surface area contributed by atoms with Gasteiger partial charge in [0, 0.05) is 19.2 Å². The summed E-state index contributed by atoms with van der Waals surface area (Å²) in [5.41, 5.74) is 2.07. The number of benzene rings is 3. The van der Waals surface area contributed by atoms with Crippen molar-refractivity contribution in [3.63, 3.8) is 0 Å². The number of hydrogen-bond acceptors (Lipinski definition) is 2. The molecule has 1 saturated heterocycles. The van der Waals surface area contributed by atoms with Gasteiger partial charge in [-0.2, -0.15) is 0 Å². The molecule has 0 bridgehead atoms. The van der Waals surface area contributed by atoms with Gasteiger partial charge in [0.1, 0.15) is 0 Å². The van der Waals surface area contributed by atoms with Gasteiger partial charge >= 0.3 is 0 Å². The maximum atomic E-state index is 12.7. The fraction of sp³-hybridized carbons (Fsp3) is 0.167. The van der Waals surface area contributed by atoms with Gasteiger partial charge in [-0.05, 0) is 47.4 Å². The largest absolute Gasteiger partial charge is 0.339 e. The molecule has 1 N–H and O–H groups in total. The van der Waals surface area contributed by atoms with E-state index >= 15 is 0 Å². The number of amides is 2. The molecule has 3 aromatic rings. The van der Waals surface area contributed by atoms with Crippen LogP contribution in [0.5, 0.6) is 0 Å². The Balaban J connectivity index is 1.52. The predicted octanol–water partition coefficient (Wildman–Crippen LogP) is 4.73. The standard InChI is InChI=1S/C24H22N2O2/c27-23(15-14-19-10-7-9-18-8-1-2-11-20(18)19)25-22-13-4-3-12-21(22)24(28)26-16-5-6-17-26/h1-4,7-15H,5-6,16-17H2,(H,25,27). The van der Waals surface area contributed by atoms with E-state index in [4.69, 9.17) is 0 Å². The van der Waals surface area contributed by atoms with Crippen molar-refractivity contribution in [2.75, 3.05) is 18.4 Å². The van der Waals surface area contributed by atoms with Crippen LogP contribution in [0, 0.1) is 0 Å². The van der Waals surface area contributed by atoms with E-state index in [0.29, 0.717) is 11.3 Å². The number of anilines is 1. The van der Waals surface area contributed by atoms with E-state index in [9.17, 15) is 9.59 Å². The van der Waals surface area contributed by atoms with Crippen LogP contribution in [0.2, 0.25) is 0 Å². The van der Waals surface area contributed by atoms with Crippen LogP contribution >= 0.6 is 0 Å². The molecular formula is C24H22N2O2. The summed E-state index contributed by atoms with van der Waals surface area (Å²) in [6.07, 6.45) is 5.39. The molecule has 0 spiro atoms. The first-order valence-electron chi connectivity index (χ1n) is 9.57. The molecule has 0 unspecified atom stereocenters. The molecule has 0 aromatic heterocycles. The van der Waals surface area contributed by atoms with Crippen molar-refractivity contribution >= 4 is 34.4 Å². The van der Waals surface area contributed by atoms with Gasteiger partial charge in [0.15, 0.2) is 0 Å². The number of nitrogens with zero attached hydrogens (tertiary/aromatic N) is 1. The van der Waals surface area contributed by atoms with Crippen molar-refractivity contribution < 1.29 is 9.59 Å². The molecule has 3 aromatic carbocycles. The van der Waals surface area contributed by atoms with Gasteiger partial charge in [-0.1, -0.05) is 54.6 Å². The van der Waals surface area contributed by atoms with Gasteiger partial charge in [-0.15, -0.1) is 0 Å². The number of fused-ring (bicyclic) bond motifs is 1. The van der Waals surface area contributed by atoms with Crippen molar-refractivity contribution in [2.24, 2.45) is 0 Å². The summed E-state index contributed by atoms with van der Waals surface area (Å²) in [5.74, 6) is -0.277. The average molecular weight is 370 g/mol. The second kappa shape index (κ2) is 8.09. The Morgan fingerprint density at radius 3 is 2.43 bits per heavy atom. The van der Waals surface area contributed by atoms with E-state index in [2.05, 4.69) is 5.32 Å². The number of nitrogens with one attached hydrogen (secondary N) is 1. The Bertz CT molecular complexity index is 1040. The quantitative estimate of drug-likeness (QED) is 0.675. The molecule has 2 amide bonds. The Hall–Kier alpha value is -3.40. The minimum atomic E-state index is -0.255. The molecular weight excluding hydrogens is 348 g/mol. The molecule has 0 radical (unpaired) electrons. The summed E-state index contributed by atoms with van der Waals surface area (Å²) in [6.45, 7) is 1.56. The van der Waals surface area contributed by atoms with Crippen LogP contribution in [0.4, 0.5) is 5.69 Å². The molecule has 140 valence electrons. The summed E-state index contributed by atoms with van der Waals surface area (Å²) in [6, 6.07) is 21.3. The second-order valence-electron chi connectivity index (χ2n) is 6.94. The van der Waals surface area contributed by atoms with E-state index < -0.39 is 0 Å². The number of para-hydroxylation sites is 1. The summed E-state index contributed by atoms with van der Waals surface area (Å²) < 4.78 is 0. The van der Waals surface area contributed by atoms with Crippen molar-refractivity contribution in [1.29, 1.82) is 0 Å². The van der Waals surface area contributed by atoms with E-state index in [1.165, 1.54) is 6.08 Å². The normalized spacial score (nSPS) is 13.9. The third-order valence-corrected chi connectivity index (χ3v) is 5.05. The van der Waals surface area contributed by atoms with Crippen molar-refractivity contribution in [2.45, 2.75) is 12.8 Å². The monoisotopic (exact) mass is 370 g/mol. The minimum absolute atomic E-state index is 0.0218. The Kier molecular flexibility index (Phi) is 5.20. The third kappa shape index (κ3) is 3.81. The Morgan fingerprint density at radius 2 is 1.57 bits per heavy atom. The van der Waals surface area contributed by atoms with Gasteiger partial charge in [0.05, 0.1) is 11.3 Å². The molecule has 0 atom stereocenters. The van der Waals surface area contributed by atoms with Crippen LogP contribution in [0.25, 0.3) is 16.8 Å². The molecule has 1 heterocycles. The zero-order valence-corrected chi connectivity index (χ0v) is 15.6. The maximum Gasteiger partial charge on any atom is 0.255 e. The zero-order chi connectivity index (χ0) is 19.3.